The number of aliphatic hydroxyl groups is 11. The summed E-state index contributed by atoms with van der Waals surface area (Å²) >= 11 is 0. The molecule has 0 unspecified atom stereocenters. The lowest BCUT2D eigenvalue weighted by atomic mass is 9.97. The van der Waals surface area contributed by atoms with E-state index in [1.165, 1.54) is 37.4 Å². The summed E-state index contributed by atoms with van der Waals surface area (Å²) in [6, 6.07) is 7.52. The molecule has 15 atom stereocenters. The summed E-state index contributed by atoms with van der Waals surface area (Å²) in [4.78, 5) is 0. The predicted molar refractivity (Wildman–Crippen MR) is 177 cm³/mol. The van der Waals surface area contributed by atoms with E-state index in [4.69, 9.17) is 37.6 Å². The van der Waals surface area contributed by atoms with E-state index in [-0.39, 0.29) is 45.3 Å². The lowest BCUT2D eigenvalue weighted by Gasteiger charge is -2.45. The van der Waals surface area contributed by atoms with Crippen LogP contribution in [0.25, 0.3) is 22.3 Å². The highest BCUT2D eigenvalue weighted by atomic mass is 16.8. The van der Waals surface area contributed by atoms with Gasteiger partial charge >= 0.3 is 11.3 Å². The Bertz CT molecular complexity index is 1770. The van der Waals surface area contributed by atoms with E-state index >= 15 is 0 Å². The van der Waals surface area contributed by atoms with E-state index in [0.29, 0.717) is 0 Å². The monoisotopic (exact) mass is 787 g/mol. The highest BCUT2D eigenvalue weighted by molar-refractivity contribution is 5.89. The number of hydrogen-bond donors (Lipinski definition) is 13. The maximum atomic E-state index is 11.2. The molecule has 21 nitrogen and oxygen atoms in total. The van der Waals surface area contributed by atoms with E-state index in [1.807, 2.05) is 0 Å². The molecule has 6 rings (SSSR count). The summed E-state index contributed by atoms with van der Waals surface area (Å²) in [5.41, 5.74) is 0.0733. The molecule has 3 aromatic rings. The predicted octanol–water partition coefficient (Wildman–Crippen LogP) is -4.02. The van der Waals surface area contributed by atoms with E-state index in [0.717, 1.165) is 6.07 Å². The summed E-state index contributed by atoms with van der Waals surface area (Å²) < 4.78 is 46.0. The molecule has 3 aliphatic rings. The third-order valence-corrected chi connectivity index (χ3v) is 9.54. The molecule has 0 amide bonds. The average molecular weight is 788 g/mol. The Balaban J connectivity index is 1.45. The van der Waals surface area contributed by atoms with Crippen molar-refractivity contribution in [2.24, 2.45) is 0 Å². The second-order valence-electron chi connectivity index (χ2n) is 13.1. The quantitative estimate of drug-likeness (QED) is 0.0823. The number of phenolic OH excluding ortho intramolecular Hbond substituents is 2. The number of benzene rings is 2. The van der Waals surface area contributed by atoms with E-state index in [9.17, 15) is 66.4 Å². The standard InChI is InChI=1S/C34H42O21/c1-48-17-4-11(2-3-14(17)39)30-18(7-13-15(49-30)5-12(38)6-16(13)50-32-28(46)25(43)22(40)19(8-35)52-32)51-34-31(27(45)24(42)21(10-37)54-34)55-33-29(47)26(44)23(41)20(9-36)53-33/h2-7,19-29,31-37,40-47H,8-10H2,1H3,(H-,38,39)/p+1/t19-,20-,21-,22-,23-,24-,25+,26+,27+,28-,29-,31-,32-,33+,34-/m1/s1. The number of ether oxygens (including phenoxy) is 7. The van der Waals surface area contributed by atoms with Gasteiger partial charge in [-0.2, -0.15) is 0 Å². The van der Waals surface area contributed by atoms with E-state index in [2.05, 4.69) is 0 Å². The van der Waals surface area contributed by atoms with Gasteiger partial charge in [-0.15, -0.1) is 0 Å². The molecule has 0 aliphatic carbocycles. The minimum absolute atomic E-state index is 0.0132. The number of rotatable bonds is 11. The molecule has 0 spiro atoms. The van der Waals surface area contributed by atoms with Gasteiger partial charge in [0.05, 0.1) is 38.6 Å². The van der Waals surface area contributed by atoms with Crippen LogP contribution < -0.4 is 14.2 Å². The fourth-order valence-electron chi connectivity index (χ4n) is 6.42. The molecular weight excluding hydrogens is 744 g/mol. The molecule has 55 heavy (non-hydrogen) atoms. The highest BCUT2D eigenvalue weighted by Gasteiger charge is 2.52. The van der Waals surface area contributed by atoms with Crippen molar-refractivity contribution in [2.75, 3.05) is 26.9 Å². The number of hydrogen-bond acceptors (Lipinski definition) is 20. The first-order valence-corrected chi connectivity index (χ1v) is 16.9. The summed E-state index contributed by atoms with van der Waals surface area (Å²) in [5.74, 6) is -1.40. The van der Waals surface area contributed by atoms with Gasteiger partial charge in [0, 0.05) is 18.2 Å². The molecule has 3 saturated heterocycles. The van der Waals surface area contributed by atoms with Crippen LogP contribution in [0.3, 0.4) is 0 Å². The molecule has 21 heteroatoms. The average Bonchev–Trinajstić information content (AvgIpc) is 3.17. The first-order chi connectivity index (χ1) is 26.2. The third-order valence-electron chi connectivity index (χ3n) is 9.54. The zero-order chi connectivity index (χ0) is 39.9. The molecule has 1 aromatic heterocycles. The van der Waals surface area contributed by atoms with Crippen molar-refractivity contribution >= 4 is 11.0 Å². The Hall–Kier alpha value is -3.75. The van der Waals surface area contributed by atoms with Gasteiger partial charge in [-0.25, -0.2) is 4.42 Å². The number of phenols is 2. The summed E-state index contributed by atoms with van der Waals surface area (Å²) in [7, 11) is 1.28. The zero-order valence-electron chi connectivity index (χ0n) is 28.8. The zero-order valence-corrected chi connectivity index (χ0v) is 28.8. The minimum atomic E-state index is -1.95. The molecule has 13 N–H and O–H groups in total. The van der Waals surface area contributed by atoms with Crippen molar-refractivity contribution in [3.63, 3.8) is 0 Å². The molecule has 0 saturated carbocycles. The largest absolute Gasteiger partial charge is 0.507 e. The van der Waals surface area contributed by atoms with Crippen molar-refractivity contribution in [2.45, 2.75) is 92.1 Å². The highest BCUT2D eigenvalue weighted by Crippen LogP contribution is 2.44. The molecule has 3 fully saturated rings. The van der Waals surface area contributed by atoms with Crippen LogP contribution in [0.5, 0.6) is 28.7 Å². The van der Waals surface area contributed by atoms with Crippen LogP contribution >= 0.6 is 0 Å². The normalized spacial score (nSPS) is 36.8. The van der Waals surface area contributed by atoms with E-state index < -0.39 is 118 Å². The number of aliphatic hydroxyl groups excluding tert-OH is 11. The van der Waals surface area contributed by atoms with Crippen LogP contribution in [-0.2, 0) is 18.9 Å². The molecule has 3 aliphatic heterocycles. The van der Waals surface area contributed by atoms with Gasteiger partial charge in [0.1, 0.15) is 84.0 Å². The lowest BCUT2D eigenvalue weighted by Crippen LogP contribution is -2.65. The first kappa shape index (κ1) is 40.9. The molecule has 0 radical (unpaired) electrons. The smallest absolute Gasteiger partial charge is 0.402 e. The Labute approximate surface area is 310 Å². The van der Waals surface area contributed by atoms with Gasteiger partial charge in [0.25, 0.3) is 0 Å². The summed E-state index contributed by atoms with van der Waals surface area (Å²) in [5, 5.41) is 135. The molecule has 304 valence electrons. The van der Waals surface area contributed by atoms with Crippen LogP contribution in [0, 0.1) is 0 Å². The third kappa shape index (κ3) is 7.96. The van der Waals surface area contributed by atoms with Gasteiger partial charge in [0.2, 0.25) is 18.3 Å². The number of aromatic hydroxyl groups is 2. The van der Waals surface area contributed by atoms with E-state index in [1.54, 1.807) is 0 Å². The van der Waals surface area contributed by atoms with Crippen LogP contribution in [0.2, 0.25) is 0 Å². The van der Waals surface area contributed by atoms with Gasteiger partial charge < -0.3 is 99.5 Å². The maximum absolute atomic E-state index is 11.2. The van der Waals surface area contributed by atoms with Crippen molar-refractivity contribution in [1.29, 1.82) is 0 Å². The van der Waals surface area contributed by atoms with Crippen molar-refractivity contribution in [3.8, 4) is 40.1 Å². The second kappa shape index (κ2) is 16.8. The van der Waals surface area contributed by atoms with Crippen molar-refractivity contribution in [1.82, 2.24) is 0 Å². The lowest BCUT2D eigenvalue weighted by molar-refractivity contribution is -0.357. The molecule has 2 aromatic carbocycles. The summed E-state index contributed by atoms with van der Waals surface area (Å²) in [6.07, 6.45) is -26.2. The van der Waals surface area contributed by atoms with Gasteiger partial charge in [-0.05, 0) is 12.1 Å². The SMILES string of the molecule is COc1cc(-c2[o+]c3cc(O)cc(O[C@@H]4O[C@H](CO)[C@@H](O)[C@H](O)[C@H]4O)c3cc2O[C@@H]2O[C@H](CO)[C@@H](O)[C@H](O)[C@H]2O[C@@H]2O[C@H](CO)[C@@H](O)[C@H](O)[C@H]2O)ccc1O. The molecule has 4 heterocycles. The van der Waals surface area contributed by atoms with Crippen LogP contribution in [0.15, 0.2) is 40.8 Å². The molecule has 0 bridgehead atoms. The number of methoxy groups -OCH3 is 1. The van der Waals surface area contributed by atoms with Crippen molar-refractivity contribution in [3.05, 3.63) is 36.4 Å². The fraction of sp³-hybridized carbons (Fsp3) is 0.559. The number of fused-ring (bicyclic) bond motifs is 1. The van der Waals surface area contributed by atoms with Gasteiger partial charge in [-0.1, -0.05) is 0 Å². The van der Waals surface area contributed by atoms with Crippen LogP contribution in [0.4, 0.5) is 0 Å². The maximum Gasteiger partial charge on any atom is 0.402 e. The Kier molecular flexibility index (Phi) is 12.5. The molecular formula is C34H43O21+. The Morgan fingerprint density at radius 3 is 1.73 bits per heavy atom. The first-order valence-electron chi connectivity index (χ1n) is 16.9. The summed E-state index contributed by atoms with van der Waals surface area (Å²) in [6.45, 7) is -2.42. The van der Waals surface area contributed by atoms with Crippen LogP contribution in [0.1, 0.15) is 0 Å². The van der Waals surface area contributed by atoms with Gasteiger partial charge in [-0.3, -0.25) is 0 Å². The second-order valence-corrected chi connectivity index (χ2v) is 13.1. The van der Waals surface area contributed by atoms with Gasteiger partial charge in [0.15, 0.2) is 23.9 Å². The minimum Gasteiger partial charge on any atom is -0.507 e. The topological polar surface area (TPSA) is 339 Å². The van der Waals surface area contributed by atoms with Crippen molar-refractivity contribution < 1.29 is 104 Å². The van der Waals surface area contributed by atoms with Crippen LogP contribution in [-0.4, -0.2) is 185 Å². The Morgan fingerprint density at radius 2 is 1.13 bits per heavy atom. The fourth-order valence-corrected chi connectivity index (χ4v) is 6.42. The Morgan fingerprint density at radius 1 is 0.582 bits per heavy atom.